The molecule has 4 aliphatic carbocycles. The summed E-state index contributed by atoms with van der Waals surface area (Å²) in [5, 5.41) is 0. The first-order valence-electron chi connectivity index (χ1n) is 10.9. The summed E-state index contributed by atoms with van der Waals surface area (Å²) in [5.41, 5.74) is 1.07. The van der Waals surface area contributed by atoms with Crippen molar-refractivity contribution in [2.75, 3.05) is 4.90 Å². The van der Waals surface area contributed by atoms with Crippen LogP contribution >= 0.6 is 0 Å². The average molecular weight is 427 g/mol. The quantitative estimate of drug-likeness (QED) is 0.245. The van der Waals surface area contributed by atoms with E-state index in [-0.39, 0.29) is 52.6 Å². The zero-order chi connectivity index (χ0) is 22.1. The molecule has 1 aliphatic heterocycles. The van der Waals surface area contributed by atoms with E-state index in [1.54, 1.807) is 48.5 Å². The number of allylic oxidation sites excluding steroid dienone is 2. The number of carbonyl (C=O) groups excluding carboxylic acids is 4. The van der Waals surface area contributed by atoms with Gasteiger partial charge in [0, 0.05) is 0 Å². The molecule has 0 radical (unpaired) electrons. The average Bonchev–Trinajstić information content (AvgIpc) is 3.57. The van der Waals surface area contributed by atoms with Crippen LogP contribution in [0.25, 0.3) is 0 Å². The molecular weight excluding hydrogens is 406 g/mol. The van der Waals surface area contributed by atoms with Gasteiger partial charge in [0.05, 0.1) is 28.7 Å². The number of hydrogen-bond acceptors (Lipinski definition) is 5. The minimum atomic E-state index is -0.611. The molecule has 160 valence electrons. The summed E-state index contributed by atoms with van der Waals surface area (Å²) in [4.78, 5) is 52.1. The van der Waals surface area contributed by atoms with Gasteiger partial charge in [-0.3, -0.25) is 19.3 Å². The molecule has 2 aromatic carbocycles. The number of carbonyl (C=O) groups is 4. The van der Waals surface area contributed by atoms with E-state index in [0.717, 1.165) is 6.42 Å². The molecule has 1 heterocycles. The number of benzene rings is 2. The minimum absolute atomic E-state index is 0.129. The van der Waals surface area contributed by atoms with Crippen molar-refractivity contribution in [3.8, 4) is 5.75 Å². The molecule has 0 spiro atoms. The Hall–Kier alpha value is -3.54. The molecule has 6 heteroatoms. The van der Waals surface area contributed by atoms with Gasteiger partial charge in [-0.2, -0.15) is 0 Å². The molecule has 0 unspecified atom stereocenters. The fourth-order valence-corrected chi connectivity index (χ4v) is 5.96. The maximum Gasteiger partial charge on any atom is 0.343 e. The van der Waals surface area contributed by atoms with Crippen LogP contribution in [0.1, 0.15) is 34.1 Å². The van der Waals surface area contributed by atoms with Crippen LogP contribution in [-0.4, -0.2) is 23.6 Å². The summed E-state index contributed by atoms with van der Waals surface area (Å²) < 4.78 is 5.42. The molecule has 32 heavy (non-hydrogen) atoms. The zero-order valence-electron chi connectivity index (χ0n) is 17.4. The SMILES string of the molecule is CC(=O)c1ccccc1OC(=O)c1ccc(N2C(=O)[C@@H]3[C@H]4C=C[C@@H]([C@@H]5C[C@H]45)[C@@H]3C2=O)cc1. The molecule has 2 saturated carbocycles. The third-order valence-electron chi connectivity index (χ3n) is 7.49. The zero-order valence-corrected chi connectivity index (χ0v) is 17.4. The number of imide groups is 1. The number of amides is 2. The highest BCUT2D eigenvalue weighted by Crippen LogP contribution is 2.65. The van der Waals surface area contributed by atoms with E-state index < -0.39 is 5.97 Å². The van der Waals surface area contributed by atoms with Crippen LogP contribution in [0, 0.1) is 35.5 Å². The minimum Gasteiger partial charge on any atom is -0.422 e. The lowest BCUT2D eigenvalue weighted by Crippen LogP contribution is -2.40. The van der Waals surface area contributed by atoms with Crippen LogP contribution in [0.3, 0.4) is 0 Å². The summed E-state index contributed by atoms with van der Waals surface area (Å²) in [6, 6.07) is 12.9. The molecular formula is C26H21NO5. The van der Waals surface area contributed by atoms with Crippen molar-refractivity contribution in [3.63, 3.8) is 0 Å². The van der Waals surface area contributed by atoms with E-state index >= 15 is 0 Å². The third kappa shape index (κ3) is 2.65. The Morgan fingerprint density at radius 3 is 2.06 bits per heavy atom. The van der Waals surface area contributed by atoms with Gasteiger partial charge in [0.1, 0.15) is 5.75 Å². The fourth-order valence-electron chi connectivity index (χ4n) is 5.96. The number of rotatable bonds is 4. The van der Waals surface area contributed by atoms with Crippen LogP contribution in [-0.2, 0) is 9.59 Å². The molecule has 7 rings (SSSR count). The smallest absolute Gasteiger partial charge is 0.343 e. The first kappa shape index (κ1) is 19.2. The lowest BCUT2D eigenvalue weighted by Gasteiger charge is -2.37. The second-order valence-corrected chi connectivity index (χ2v) is 9.16. The standard InChI is InChI=1S/C26H21NO5/c1-13(28)16-4-2-3-5-21(16)32-26(31)14-6-8-15(9-7-14)27-24(29)22-17-10-11-18(20-12-19(17)20)23(22)25(27)30/h2-11,17-20,22-23H,12H2,1H3/t17-,18-,19-,20+,22-,23+/m0/s1. The first-order chi connectivity index (χ1) is 15.5. The van der Waals surface area contributed by atoms with Gasteiger partial charge in [-0.1, -0.05) is 24.3 Å². The third-order valence-corrected chi connectivity index (χ3v) is 7.49. The van der Waals surface area contributed by atoms with E-state index in [1.165, 1.54) is 11.8 Å². The molecule has 3 fully saturated rings. The molecule has 0 N–H and O–H groups in total. The monoisotopic (exact) mass is 427 g/mol. The summed E-state index contributed by atoms with van der Waals surface area (Å²) in [7, 11) is 0. The highest BCUT2D eigenvalue weighted by Gasteiger charge is 2.67. The number of ether oxygens (including phenoxy) is 1. The number of nitrogens with zero attached hydrogens (tertiary/aromatic N) is 1. The molecule has 5 aliphatic rings. The Morgan fingerprint density at radius 2 is 1.47 bits per heavy atom. The lowest BCUT2D eigenvalue weighted by atomic mass is 9.63. The van der Waals surface area contributed by atoms with Gasteiger partial charge in [0.15, 0.2) is 5.78 Å². The van der Waals surface area contributed by atoms with Crippen molar-refractivity contribution in [2.24, 2.45) is 35.5 Å². The number of ketones is 1. The largest absolute Gasteiger partial charge is 0.422 e. The van der Waals surface area contributed by atoms with Gasteiger partial charge in [-0.05, 0) is 73.4 Å². The summed E-state index contributed by atoms with van der Waals surface area (Å²) in [5.74, 6) is 0.0751. The van der Waals surface area contributed by atoms with E-state index in [4.69, 9.17) is 4.74 Å². The van der Waals surface area contributed by atoms with Gasteiger partial charge < -0.3 is 4.74 Å². The van der Waals surface area contributed by atoms with Crippen molar-refractivity contribution in [1.29, 1.82) is 0 Å². The van der Waals surface area contributed by atoms with Crippen LogP contribution in [0.15, 0.2) is 60.7 Å². The predicted octanol–water partition coefficient (Wildman–Crippen LogP) is 3.67. The van der Waals surface area contributed by atoms with E-state index in [9.17, 15) is 19.2 Å². The Morgan fingerprint density at radius 1 is 0.875 bits per heavy atom. The maximum absolute atomic E-state index is 13.2. The maximum atomic E-state index is 13.2. The first-order valence-corrected chi connectivity index (χ1v) is 10.9. The number of hydrogen-bond donors (Lipinski definition) is 0. The van der Waals surface area contributed by atoms with Crippen molar-refractivity contribution in [1.82, 2.24) is 0 Å². The van der Waals surface area contributed by atoms with Gasteiger partial charge >= 0.3 is 5.97 Å². The normalized spacial score (nSPS) is 31.3. The Bertz CT molecular complexity index is 1180. The highest BCUT2D eigenvalue weighted by molar-refractivity contribution is 6.22. The molecule has 0 aromatic heterocycles. The van der Waals surface area contributed by atoms with Crippen molar-refractivity contribution in [3.05, 3.63) is 71.8 Å². The van der Waals surface area contributed by atoms with Crippen LogP contribution in [0.4, 0.5) is 5.69 Å². The van der Waals surface area contributed by atoms with E-state index in [1.807, 2.05) is 0 Å². The summed E-state index contributed by atoms with van der Waals surface area (Å²) in [6.45, 7) is 1.41. The summed E-state index contributed by atoms with van der Waals surface area (Å²) >= 11 is 0. The van der Waals surface area contributed by atoms with Gasteiger partial charge in [0.2, 0.25) is 11.8 Å². The van der Waals surface area contributed by atoms with E-state index in [0.29, 0.717) is 23.1 Å². The topological polar surface area (TPSA) is 80.8 Å². The number of Topliss-reactive ketones (excluding diaryl/α,β-unsaturated/α-hetero) is 1. The Balaban J connectivity index is 1.23. The number of para-hydroxylation sites is 1. The second kappa shape index (κ2) is 6.73. The molecule has 2 amide bonds. The fraction of sp³-hybridized carbons (Fsp3) is 0.308. The van der Waals surface area contributed by atoms with Crippen LogP contribution in [0.2, 0.25) is 0 Å². The number of esters is 1. The van der Waals surface area contributed by atoms with Crippen molar-refractivity contribution >= 4 is 29.3 Å². The van der Waals surface area contributed by atoms with Gasteiger partial charge in [-0.15, -0.1) is 0 Å². The van der Waals surface area contributed by atoms with Crippen LogP contribution < -0.4 is 9.64 Å². The highest BCUT2D eigenvalue weighted by atomic mass is 16.5. The molecule has 1 saturated heterocycles. The van der Waals surface area contributed by atoms with Gasteiger partial charge in [-0.25, -0.2) is 4.79 Å². The van der Waals surface area contributed by atoms with E-state index in [2.05, 4.69) is 12.2 Å². The molecule has 2 aromatic rings. The molecule has 2 bridgehead atoms. The molecule has 6 atom stereocenters. The van der Waals surface area contributed by atoms with Crippen molar-refractivity contribution in [2.45, 2.75) is 13.3 Å². The van der Waals surface area contributed by atoms with Gasteiger partial charge in [0.25, 0.3) is 0 Å². The molecule has 6 nitrogen and oxygen atoms in total. The number of anilines is 1. The second-order valence-electron chi connectivity index (χ2n) is 9.16. The lowest BCUT2D eigenvalue weighted by molar-refractivity contribution is -0.124. The Labute approximate surface area is 184 Å². The summed E-state index contributed by atoms with van der Waals surface area (Å²) in [6.07, 6.45) is 5.42. The van der Waals surface area contributed by atoms with Crippen LogP contribution in [0.5, 0.6) is 5.75 Å². The Kier molecular flexibility index (Phi) is 4.03. The predicted molar refractivity (Wildman–Crippen MR) is 115 cm³/mol. The van der Waals surface area contributed by atoms with Crippen molar-refractivity contribution < 1.29 is 23.9 Å².